The molecule has 0 radical (unpaired) electrons. The van der Waals surface area contributed by atoms with Gasteiger partial charge in [-0.2, -0.15) is 0 Å². The van der Waals surface area contributed by atoms with Crippen LogP contribution in [0, 0.1) is 11.6 Å². The molecule has 90 valence electrons. The average molecular weight is 231 g/mol. The van der Waals surface area contributed by atoms with Crippen LogP contribution in [0.3, 0.4) is 0 Å². The smallest absolute Gasteiger partial charge is 0.168 e. The van der Waals surface area contributed by atoms with E-state index in [0.717, 1.165) is 6.07 Å². The van der Waals surface area contributed by atoms with Crippen LogP contribution in [0.25, 0.3) is 0 Å². The van der Waals surface area contributed by atoms with Gasteiger partial charge in [0.1, 0.15) is 0 Å². The minimum absolute atomic E-state index is 0.0265. The van der Waals surface area contributed by atoms with Gasteiger partial charge in [-0.15, -0.1) is 0 Å². The van der Waals surface area contributed by atoms with Crippen molar-refractivity contribution in [1.82, 2.24) is 4.98 Å². The van der Waals surface area contributed by atoms with Gasteiger partial charge in [-0.05, 0) is 6.92 Å². The van der Waals surface area contributed by atoms with Gasteiger partial charge in [0.25, 0.3) is 0 Å². The van der Waals surface area contributed by atoms with Crippen LogP contribution in [0.1, 0.15) is 6.92 Å². The van der Waals surface area contributed by atoms with E-state index in [0.29, 0.717) is 19.8 Å². The van der Waals surface area contributed by atoms with E-state index in [-0.39, 0.29) is 11.6 Å². The fraction of sp³-hybridized carbons (Fsp3) is 0.500. The Hall–Kier alpha value is -1.43. The van der Waals surface area contributed by atoms with Gasteiger partial charge in [0.2, 0.25) is 0 Å². The molecule has 0 amide bonds. The monoisotopic (exact) mass is 231 g/mol. The molecule has 16 heavy (non-hydrogen) atoms. The third kappa shape index (κ3) is 3.03. The number of nitrogens with two attached hydrogens (primary N) is 1. The van der Waals surface area contributed by atoms with E-state index in [1.165, 1.54) is 4.90 Å². The van der Waals surface area contributed by atoms with Gasteiger partial charge >= 0.3 is 0 Å². The minimum atomic E-state index is -0.848. The van der Waals surface area contributed by atoms with E-state index in [1.54, 1.807) is 7.05 Å². The van der Waals surface area contributed by atoms with Crippen molar-refractivity contribution in [2.45, 2.75) is 6.92 Å². The molecule has 0 aliphatic carbocycles. The lowest BCUT2D eigenvalue weighted by atomic mass is 10.4. The molecule has 0 unspecified atom stereocenters. The summed E-state index contributed by atoms with van der Waals surface area (Å²) in [5.41, 5.74) is 5.27. The van der Waals surface area contributed by atoms with Crippen molar-refractivity contribution in [3.05, 3.63) is 17.7 Å². The lowest BCUT2D eigenvalue weighted by Gasteiger charge is -2.18. The molecular weight excluding hydrogens is 216 g/mol. The molecule has 2 N–H and O–H groups in total. The second-order valence-electron chi connectivity index (χ2n) is 3.28. The predicted molar refractivity (Wildman–Crippen MR) is 58.3 cm³/mol. The molecule has 1 aromatic rings. The molecule has 1 rings (SSSR count). The molecule has 0 aliphatic rings. The van der Waals surface area contributed by atoms with Gasteiger partial charge in [-0.3, -0.25) is 0 Å². The maximum absolute atomic E-state index is 13.3. The minimum Gasteiger partial charge on any atom is -0.381 e. The number of hydrogen-bond acceptors (Lipinski definition) is 4. The molecule has 6 heteroatoms. The third-order valence-corrected chi connectivity index (χ3v) is 2.07. The van der Waals surface area contributed by atoms with Gasteiger partial charge < -0.3 is 15.4 Å². The lowest BCUT2D eigenvalue weighted by Crippen LogP contribution is -2.25. The molecule has 0 aliphatic heterocycles. The highest BCUT2D eigenvalue weighted by Crippen LogP contribution is 2.19. The summed E-state index contributed by atoms with van der Waals surface area (Å²) in [6, 6.07) is 0.731. The topological polar surface area (TPSA) is 51.4 Å². The van der Waals surface area contributed by atoms with Crippen molar-refractivity contribution in [3.8, 4) is 0 Å². The highest BCUT2D eigenvalue weighted by atomic mass is 19.1. The summed E-state index contributed by atoms with van der Waals surface area (Å²) >= 11 is 0. The van der Waals surface area contributed by atoms with Crippen LogP contribution in [0.5, 0.6) is 0 Å². The Morgan fingerprint density at radius 2 is 2.12 bits per heavy atom. The highest BCUT2D eigenvalue weighted by Gasteiger charge is 2.13. The average Bonchev–Trinajstić information content (AvgIpc) is 2.23. The SMILES string of the molecule is CCOCCN(C)c1nc(N)c(F)cc1F. The summed E-state index contributed by atoms with van der Waals surface area (Å²) in [6.07, 6.45) is 0. The molecule has 0 bridgehead atoms. The Bertz CT molecular complexity index is 360. The predicted octanol–water partition coefficient (Wildman–Crippen LogP) is 1.41. The first-order valence-electron chi connectivity index (χ1n) is 4.96. The number of anilines is 2. The summed E-state index contributed by atoms with van der Waals surface area (Å²) in [6.45, 7) is 3.37. The van der Waals surface area contributed by atoms with Gasteiger partial charge in [0.15, 0.2) is 23.3 Å². The van der Waals surface area contributed by atoms with Gasteiger partial charge in [-0.25, -0.2) is 13.8 Å². The van der Waals surface area contributed by atoms with E-state index in [2.05, 4.69) is 4.98 Å². The van der Waals surface area contributed by atoms with Gasteiger partial charge in [-0.1, -0.05) is 0 Å². The number of halogens is 2. The first kappa shape index (κ1) is 12.6. The molecule has 0 aromatic carbocycles. The number of pyridine rings is 1. The highest BCUT2D eigenvalue weighted by molar-refractivity contribution is 5.46. The van der Waals surface area contributed by atoms with Crippen molar-refractivity contribution in [1.29, 1.82) is 0 Å². The van der Waals surface area contributed by atoms with Gasteiger partial charge in [0, 0.05) is 26.3 Å². The van der Waals surface area contributed by atoms with E-state index in [9.17, 15) is 8.78 Å². The fourth-order valence-electron chi connectivity index (χ4n) is 1.19. The number of likely N-dealkylation sites (N-methyl/N-ethyl adjacent to an activating group) is 1. The Morgan fingerprint density at radius 1 is 1.44 bits per heavy atom. The first-order chi connectivity index (χ1) is 7.56. The van der Waals surface area contributed by atoms with E-state index in [1.807, 2.05) is 6.92 Å². The molecule has 4 nitrogen and oxygen atoms in total. The number of hydrogen-bond donors (Lipinski definition) is 1. The van der Waals surface area contributed by atoms with E-state index < -0.39 is 11.6 Å². The summed E-state index contributed by atoms with van der Waals surface area (Å²) in [4.78, 5) is 5.18. The van der Waals surface area contributed by atoms with Crippen LogP contribution in [0.2, 0.25) is 0 Å². The maximum Gasteiger partial charge on any atom is 0.168 e. The molecule has 0 atom stereocenters. The van der Waals surface area contributed by atoms with Crippen LogP contribution in [-0.2, 0) is 4.74 Å². The van der Waals surface area contributed by atoms with Crippen molar-refractivity contribution < 1.29 is 13.5 Å². The Kier molecular flexibility index (Phi) is 4.42. The Labute approximate surface area is 93.0 Å². The summed E-state index contributed by atoms with van der Waals surface area (Å²) in [5, 5.41) is 0. The van der Waals surface area contributed by atoms with Crippen molar-refractivity contribution in [2.75, 3.05) is 37.4 Å². The maximum atomic E-state index is 13.3. The molecule has 0 saturated heterocycles. The summed E-state index contributed by atoms with van der Waals surface area (Å²) in [5.74, 6) is -1.86. The molecule has 0 spiro atoms. The third-order valence-electron chi connectivity index (χ3n) is 2.07. The first-order valence-corrected chi connectivity index (χ1v) is 4.96. The summed E-state index contributed by atoms with van der Waals surface area (Å²) in [7, 11) is 1.64. The summed E-state index contributed by atoms with van der Waals surface area (Å²) < 4.78 is 31.3. The quantitative estimate of drug-likeness (QED) is 0.778. The van der Waals surface area contributed by atoms with E-state index in [4.69, 9.17) is 10.5 Å². The normalized spacial score (nSPS) is 10.5. The zero-order valence-corrected chi connectivity index (χ0v) is 9.33. The second-order valence-corrected chi connectivity index (χ2v) is 3.28. The van der Waals surface area contributed by atoms with E-state index >= 15 is 0 Å². The number of ether oxygens (including phenoxy) is 1. The van der Waals surface area contributed by atoms with Crippen LogP contribution in [0.4, 0.5) is 20.4 Å². The van der Waals surface area contributed by atoms with Crippen LogP contribution >= 0.6 is 0 Å². The number of nitrogen functional groups attached to an aromatic ring is 1. The zero-order valence-electron chi connectivity index (χ0n) is 9.33. The van der Waals surface area contributed by atoms with Crippen molar-refractivity contribution in [3.63, 3.8) is 0 Å². The van der Waals surface area contributed by atoms with Crippen molar-refractivity contribution in [2.24, 2.45) is 0 Å². The van der Waals surface area contributed by atoms with Crippen LogP contribution in [-0.4, -0.2) is 31.8 Å². The fourth-order valence-corrected chi connectivity index (χ4v) is 1.19. The number of rotatable bonds is 5. The zero-order chi connectivity index (χ0) is 12.1. The van der Waals surface area contributed by atoms with Crippen LogP contribution < -0.4 is 10.6 Å². The molecule has 1 heterocycles. The Balaban J connectivity index is 2.75. The molecular formula is C10H15F2N3O. The lowest BCUT2D eigenvalue weighted by molar-refractivity contribution is 0.154. The Morgan fingerprint density at radius 3 is 2.75 bits per heavy atom. The van der Waals surface area contributed by atoms with Crippen molar-refractivity contribution >= 4 is 11.6 Å². The molecule has 1 aromatic heterocycles. The van der Waals surface area contributed by atoms with Crippen LogP contribution in [0.15, 0.2) is 6.07 Å². The molecule has 0 saturated carbocycles. The second kappa shape index (κ2) is 5.60. The van der Waals surface area contributed by atoms with Gasteiger partial charge in [0.05, 0.1) is 6.61 Å². The number of nitrogens with zero attached hydrogens (tertiary/aromatic N) is 2. The number of aromatic nitrogens is 1. The standard InChI is InChI=1S/C10H15F2N3O/c1-3-16-5-4-15(2)10-8(12)6-7(11)9(13)14-10/h6H,3-5H2,1-2H3,(H2,13,14). The largest absolute Gasteiger partial charge is 0.381 e. The molecule has 0 fully saturated rings.